The molecule has 2 aromatic rings. The molecule has 0 aliphatic rings. The Hall–Kier alpha value is -2.42. The van der Waals surface area contributed by atoms with Crippen molar-refractivity contribution in [1.82, 2.24) is 15.2 Å². The number of ether oxygens (including phenoxy) is 1. The number of anilines is 1. The molecular weight excluding hydrogens is 325 g/mol. The quantitative estimate of drug-likeness (QED) is 0.894. The van der Waals surface area contributed by atoms with Gasteiger partial charge in [0.15, 0.2) is 5.82 Å². The summed E-state index contributed by atoms with van der Waals surface area (Å²) in [6.45, 7) is 4.65. The SMILES string of the molecule is COC(C)(C)C(=O)Nc1cc(-c2n[nH]c(C)n2)cc(C(F)(F)F)c1. The van der Waals surface area contributed by atoms with Crippen molar-refractivity contribution in [3.05, 3.63) is 29.6 Å². The molecule has 2 rings (SSSR count). The number of nitrogens with one attached hydrogen (secondary N) is 2. The number of methoxy groups -OCH3 is 1. The Morgan fingerprint density at radius 2 is 1.92 bits per heavy atom. The van der Waals surface area contributed by atoms with E-state index >= 15 is 0 Å². The standard InChI is InChI=1S/C15H17F3N4O2/c1-8-19-12(22-21-8)9-5-10(15(16,17)18)7-11(6-9)20-13(23)14(2,3)24-4/h5-7H,1-4H3,(H,20,23)(H,19,21,22). The molecule has 9 heteroatoms. The van der Waals surface area contributed by atoms with E-state index in [-0.39, 0.29) is 17.1 Å². The van der Waals surface area contributed by atoms with Crippen LogP contribution >= 0.6 is 0 Å². The minimum absolute atomic E-state index is 0.0163. The van der Waals surface area contributed by atoms with Crippen LogP contribution in [0.25, 0.3) is 11.4 Å². The largest absolute Gasteiger partial charge is 0.416 e. The zero-order chi connectivity index (χ0) is 18.1. The average molecular weight is 342 g/mol. The fourth-order valence-electron chi connectivity index (χ4n) is 1.84. The highest BCUT2D eigenvalue weighted by Gasteiger charge is 2.33. The highest BCUT2D eigenvalue weighted by molar-refractivity contribution is 5.97. The maximum atomic E-state index is 13.1. The summed E-state index contributed by atoms with van der Waals surface area (Å²) in [6.07, 6.45) is -4.57. The predicted octanol–water partition coefficient (Wildman–Crippen LogP) is 3.16. The Kier molecular flexibility index (Phi) is 4.66. The van der Waals surface area contributed by atoms with Crippen molar-refractivity contribution in [3.63, 3.8) is 0 Å². The number of nitrogens with zero attached hydrogens (tertiary/aromatic N) is 2. The van der Waals surface area contributed by atoms with E-state index < -0.39 is 23.2 Å². The highest BCUT2D eigenvalue weighted by Crippen LogP contribution is 2.34. The van der Waals surface area contributed by atoms with Crippen LogP contribution < -0.4 is 5.32 Å². The number of carbonyl (C=O) groups excluding carboxylic acids is 1. The summed E-state index contributed by atoms with van der Waals surface area (Å²) in [4.78, 5) is 16.1. The molecular formula is C15H17F3N4O2. The molecule has 24 heavy (non-hydrogen) atoms. The number of H-pyrrole nitrogens is 1. The van der Waals surface area contributed by atoms with Gasteiger partial charge in [-0.2, -0.15) is 18.3 Å². The fraction of sp³-hybridized carbons (Fsp3) is 0.400. The summed E-state index contributed by atoms with van der Waals surface area (Å²) < 4.78 is 44.4. The molecule has 0 unspecified atom stereocenters. The van der Waals surface area contributed by atoms with Gasteiger partial charge in [-0.25, -0.2) is 4.98 Å². The lowest BCUT2D eigenvalue weighted by molar-refractivity contribution is -0.137. The number of aryl methyl sites for hydroxylation is 1. The predicted molar refractivity (Wildman–Crippen MR) is 81.3 cm³/mol. The second kappa shape index (κ2) is 6.23. The lowest BCUT2D eigenvalue weighted by atomic mass is 10.1. The van der Waals surface area contributed by atoms with E-state index in [4.69, 9.17) is 4.74 Å². The molecule has 1 aromatic heterocycles. The number of aromatic nitrogens is 3. The summed E-state index contributed by atoms with van der Waals surface area (Å²) in [5, 5.41) is 8.86. The Balaban J connectivity index is 2.46. The summed E-state index contributed by atoms with van der Waals surface area (Å²) in [5.74, 6) is 0.00931. The van der Waals surface area contributed by atoms with Crippen LogP contribution in [0.5, 0.6) is 0 Å². The molecule has 1 aromatic carbocycles. The molecule has 0 aliphatic carbocycles. The van der Waals surface area contributed by atoms with Gasteiger partial charge in [0.25, 0.3) is 5.91 Å². The van der Waals surface area contributed by atoms with Crippen molar-refractivity contribution in [3.8, 4) is 11.4 Å². The lowest BCUT2D eigenvalue weighted by Crippen LogP contribution is -2.38. The number of halogens is 3. The molecule has 0 aliphatic heterocycles. The second-order valence-electron chi connectivity index (χ2n) is 5.71. The van der Waals surface area contributed by atoms with Crippen LogP contribution in [0, 0.1) is 6.92 Å². The molecule has 0 radical (unpaired) electrons. The molecule has 1 amide bonds. The van der Waals surface area contributed by atoms with Gasteiger partial charge in [-0.3, -0.25) is 9.89 Å². The molecule has 2 N–H and O–H groups in total. The number of benzene rings is 1. The van der Waals surface area contributed by atoms with Gasteiger partial charge < -0.3 is 10.1 Å². The van der Waals surface area contributed by atoms with Crippen LogP contribution in [0.15, 0.2) is 18.2 Å². The zero-order valence-electron chi connectivity index (χ0n) is 13.6. The number of hydrogen-bond acceptors (Lipinski definition) is 4. The van der Waals surface area contributed by atoms with Crippen LogP contribution in [0.3, 0.4) is 0 Å². The molecule has 0 saturated carbocycles. The van der Waals surface area contributed by atoms with Gasteiger partial charge >= 0.3 is 6.18 Å². The van der Waals surface area contributed by atoms with Crippen molar-refractivity contribution in [1.29, 1.82) is 0 Å². The first-order valence-electron chi connectivity index (χ1n) is 7.01. The third-order valence-corrected chi connectivity index (χ3v) is 3.43. The van der Waals surface area contributed by atoms with E-state index in [0.29, 0.717) is 5.82 Å². The van der Waals surface area contributed by atoms with E-state index in [9.17, 15) is 18.0 Å². The smallest absolute Gasteiger partial charge is 0.369 e. The van der Waals surface area contributed by atoms with Crippen LogP contribution in [-0.2, 0) is 15.7 Å². The molecule has 130 valence electrons. The van der Waals surface area contributed by atoms with E-state index in [1.54, 1.807) is 6.92 Å². The minimum atomic E-state index is -4.57. The maximum absolute atomic E-state index is 13.1. The molecule has 1 heterocycles. The lowest BCUT2D eigenvalue weighted by Gasteiger charge is -2.22. The van der Waals surface area contributed by atoms with Crippen LogP contribution in [0.1, 0.15) is 25.2 Å². The number of amides is 1. The van der Waals surface area contributed by atoms with Gasteiger partial charge in [-0.15, -0.1) is 0 Å². The van der Waals surface area contributed by atoms with E-state index in [2.05, 4.69) is 20.5 Å². The van der Waals surface area contributed by atoms with Crippen LogP contribution in [0.2, 0.25) is 0 Å². The summed E-state index contributed by atoms with van der Waals surface area (Å²) >= 11 is 0. The van der Waals surface area contributed by atoms with Gasteiger partial charge in [0.2, 0.25) is 0 Å². The van der Waals surface area contributed by atoms with Crippen molar-refractivity contribution < 1.29 is 22.7 Å². The molecule has 0 saturated heterocycles. The topological polar surface area (TPSA) is 79.9 Å². The van der Waals surface area contributed by atoms with Gasteiger partial charge in [-0.1, -0.05) is 0 Å². The number of aromatic amines is 1. The van der Waals surface area contributed by atoms with Crippen LogP contribution in [-0.4, -0.2) is 33.8 Å². The van der Waals surface area contributed by atoms with E-state index in [0.717, 1.165) is 12.1 Å². The number of rotatable bonds is 4. The third-order valence-electron chi connectivity index (χ3n) is 3.43. The Bertz CT molecular complexity index is 753. The number of hydrogen-bond donors (Lipinski definition) is 2. The van der Waals surface area contributed by atoms with Crippen molar-refractivity contribution in [2.24, 2.45) is 0 Å². The van der Waals surface area contributed by atoms with E-state index in [1.807, 2.05) is 0 Å². The first-order chi connectivity index (χ1) is 11.0. The minimum Gasteiger partial charge on any atom is -0.369 e. The van der Waals surface area contributed by atoms with Gasteiger partial charge in [0.05, 0.1) is 5.56 Å². The normalized spacial score (nSPS) is 12.3. The zero-order valence-corrected chi connectivity index (χ0v) is 13.6. The molecule has 0 fully saturated rings. The summed E-state index contributed by atoms with van der Waals surface area (Å²) in [7, 11) is 1.34. The number of alkyl halides is 3. The third kappa shape index (κ3) is 3.91. The first kappa shape index (κ1) is 17.9. The molecule has 6 nitrogen and oxygen atoms in total. The number of carbonyl (C=O) groups is 1. The van der Waals surface area contributed by atoms with Gasteiger partial charge in [0.1, 0.15) is 11.4 Å². The average Bonchev–Trinajstić information content (AvgIpc) is 2.92. The second-order valence-corrected chi connectivity index (χ2v) is 5.71. The monoisotopic (exact) mass is 342 g/mol. The Labute approximate surface area is 136 Å². The van der Waals surface area contributed by atoms with Crippen molar-refractivity contribution in [2.75, 3.05) is 12.4 Å². The molecule has 0 spiro atoms. The van der Waals surface area contributed by atoms with Crippen molar-refractivity contribution in [2.45, 2.75) is 32.5 Å². The Morgan fingerprint density at radius 3 is 2.42 bits per heavy atom. The molecule has 0 bridgehead atoms. The maximum Gasteiger partial charge on any atom is 0.416 e. The Morgan fingerprint density at radius 1 is 1.25 bits per heavy atom. The van der Waals surface area contributed by atoms with E-state index in [1.165, 1.54) is 27.0 Å². The van der Waals surface area contributed by atoms with Crippen molar-refractivity contribution >= 4 is 11.6 Å². The van der Waals surface area contributed by atoms with Crippen LogP contribution in [0.4, 0.5) is 18.9 Å². The summed E-state index contributed by atoms with van der Waals surface area (Å²) in [5.41, 5.74) is -1.97. The highest BCUT2D eigenvalue weighted by atomic mass is 19.4. The first-order valence-corrected chi connectivity index (χ1v) is 7.01. The summed E-state index contributed by atoms with van der Waals surface area (Å²) in [6, 6.07) is 3.16. The molecule has 0 atom stereocenters. The van der Waals surface area contributed by atoms with Gasteiger partial charge in [0, 0.05) is 18.4 Å². The fourth-order valence-corrected chi connectivity index (χ4v) is 1.84. The van der Waals surface area contributed by atoms with Gasteiger partial charge in [-0.05, 0) is 39.0 Å².